The second-order valence-corrected chi connectivity index (χ2v) is 35.7. The van der Waals surface area contributed by atoms with E-state index in [9.17, 15) is 123 Å². The van der Waals surface area contributed by atoms with Gasteiger partial charge in [-0.2, -0.15) is 0 Å². The van der Waals surface area contributed by atoms with E-state index in [0.29, 0.717) is 6.42 Å². The SMILES string of the molecule is CCC(CO)COP(=O)([O-])O.CCOP(=O)([O-])OCC(CC)COP(=O)([O-])OCCOP(=O)([O-])OCCOP(=O)([O-])OCCOP(=O)([O-])OCCOP(=O)([O-])OCCOP(=O)([O-])OCCOP(=O)([O-])OCCOP(=O)([O-])OCCOP(=O)([O-])OCCOP(=O)([O-])OCC(CC)COP(=O)([O-])O. The summed E-state index contributed by atoms with van der Waals surface area (Å²) in [5.41, 5.74) is 0. The lowest BCUT2D eigenvalue weighted by molar-refractivity contribution is -0.239. The van der Waals surface area contributed by atoms with Crippen molar-refractivity contribution in [3.63, 3.8) is 0 Å². The van der Waals surface area contributed by atoms with Crippen LogP contribution in [0.3, 0.4) is 0 Å². The molecule has 3 N–H and O–H groups in total. The summed E-state index contributed by atoms with van der Waals surface area (Å²) in [5, 5.41) is 8.57. The van der Waals surface area contributed by atoms with Gasteiger partial charge in [-0.05, 0) is 26.2 Å². The number of hydrogen-bond acceptors (Lipinski definition) is 51. The first-order valence-electron chi connectivity index (χ1n) is 27.8. The Kier molecular flexibility index (Phi) is 53.6. The summed E-state index contributed by atoms with van der Waals surface area (Å²) < 4.78 is 255. The fourth-order valence-electron chi connectivity index (χ4n) is 5.11. The third-order valence-electron chi connectivity index (χ3n) is 9.87. The normalized spacial score (nSPS) is 21.0. The maximum absolute atomic E-state index is 11.9. The molecule has 0 amide bonds. The molecule has 0 aliphatic rings. The molecular formula is C35H74O53P13-13. The van der Waals surface area contributed by atoms with E-state index in [1.54, 1.807) is 13.8 Å². The van der Waals surface area contributed by atoms with Gasteiger partial charge in [-0.15, -0.1) is 0 Å². The lowest BCUT2D eigenvalue weighted by Crippen LogP contribution is -2.20. The van der Waals surface area contributed by atoms with Crippen LogP contribution < -0.4 is 63.6 Å². The van der Waals surface area contributed by atoms with Crippen LogP contribution in [0.2, 0.25) is 0 Å². The van der Waals surface area contributed by atoms with Gasteiger partial charge >= 0.3 is 0 Å². The third-order valence-corrected chi connectivity index (χ3v) is 21.8. The second kappa shape index (κ2) is 51.8. The number of aliphatic hydroxyl groups excluding tert-OH is 1. The Labute approximate surface area is 576 Å². The summed E-state index contributed by atoms with van der Waals surface area (Å²) in [6.45, 7) is -15.2. The Morgan fingerprint density at radius 2 is 0.347 bits per heavy atom. The number of phosphoric ester groups is 13. The average molecular weight is 1750 g/mol. The minimum atomic E-state index is -5.32. The number of phosphoric acid groups is 13. The zero-order valence-electron chi connectivity index (χ0n) is 53.1. The minimum absolute atomic E-state index is 0.141. The van der Waals surface area contributed by atoms with Crippen LogP contribution in [-0.2, 0) is 168 Å². The van der Waals surface area contributed by atoms with Gasteiger partial charge in [0.1, 0.15) is 0 Å². The molecule has 0 aliphatic carbocycles. The molecule has 101 heavy (non-hydrogen) atoms. The summed E-state index contributed by atoms with van der Waals surface area (Å²) in [6.07, 6.45) is 0.950. The lowest BCUT2D eigenvalue weighted by atomic mass is 10.1. The van der Waals surface area contributed by atoms with Gasteiger partial charge in [-0.3, -0.25) is 59.3 Å². The topological polar surface area (TPSA) is 804 Å². The number of rotatable bonds is 66. The highest BCUT2D eigenvalue weighted by molar-refractivity contribution is 7.49. The van der Waals surface area contributed by atoms with Gasteiger partial charge in [0.05, 0.1) is 159 Å². The van der Waals surface area contributed by atoms with Gasteiger partial charge in [-0.1, -0.05) is 20.8 Å². The quantitative estimate of drug-likeness (QED) is 0.0382. The lowest BCUT2D eigenvalue weighted by Gasteiger charge is -2.28. The van der Waals surface area contributed by atoms with Crippen molar-refractivity contribution in [2.45, 2.75) is 47.0 Å². The highest BCUT2D eigenvalue weighted by atomic mass is 31.2. The Bertz CT molecular complexity index is 2940. The minimum Gasteiger partial charge on any atom is -0.756 e. The standard InChI is InChI=1S/C30H74O48P12.C5H13O5P/c1-4-29(25-75-79(31,32)33)26-77-89(52,53)73-23-21-71-87(48,49)69-19-17-67-85(44,45)65-15-13-63-83(40,41)61-11-9-59-81(36,37)57-7-8-58-82(38,39)60-10-12-62-84(42,43)64-14-16-66-86(46,47)68-18-20-70-88(50,51)72-22-24-74-90(54,55)78-28-30(5-2)27-76-80(34,35)56-6-3;1-2-5(3-6)4-10-11(7,8)9/h29-30H,4-28H2,1-3H3,(H,34,35)(H,36,37)(H,38,39)(H,40,41)(H,42,43)(H,44,45)(H,46,47)(H,48,49)(H,50,51)(H,52,53)(H,54,55)(H2,31,32,33);5-6H,2-4H2,1H3,(H2,7,8,9)/p-13. The van der Waals surface area contributed by atoms with E-state index < -0.39 is 259 Å². The predicted molar refractivity (Wildman–Crippen MR) is 300 cm³/mol. The molecule has 0 bridgehead atoms. The van der Waals surface area contributed by atoms with Crippen molar-refractivity contribution in [3.8, 4) is 0 Å². The molecule has 53 nitrogen and oxygen atoms in total. The van der Waals surface area contributed by atoms with E-state index in [-0.39, 0.29) is 38.6 Å². The molecule has 0 heterocycles. The van der Waals surface area contributed by atoms with Crippen LogP contribution in [0.4, 0.5) is 0 Å². The highest BCUT2D eigenvalue weighted by Crippen LogP contribution is 2.48. The van der Waals surface area contributed by atoms with Crippen LogP contribution in [0.15, 0.2) is 0 Å². The zero-order chi connectivity index (χ0) is 78.0. The Morgan fingerprint density at radius 3 is 0.475 bits per heavy atom. The van der Waals surface area contributed by atoms with Gasteiger partial charge < -0.3 is 187 Å². The van der Waals surface area contributed by atoms with Crippen LogP contribution in [0.25, 0.3) is 0 Å². The molecule has 16 atom stereocenters. The maximum Gasteiger partial charge on any atom is 0.268 e. The highest BCUT2D eigenvalue weighted by Gasteiger charge is 2.23. The summed E-state index contributed by atoms with van der Waals surface area (Å²) in [7, 11) is -66.7. The summed E-state index contributed by atoms with van der Waals surface area (Å²) >= 11 is 0. The van der Waals surface area contributed by atoms with E-state index in [0.717, 1.165) is 0 Å². The summed E-state index contributed by atoms with van der Waals surface area (Å²) in [6, 6.07) is 0. The maximum atomic E-state index is 11.9. The average Bonchev–Trinajstić information content (AvgIpc) is 0.920. The smallest absolute Gasteiger partial charge is 0.268 e. The van der Waals surface area contributed by atoms with Crippen LogP contribution in [0.1, 0.15) is 47.0 Å². The molecule has 0 rings (SSSR count). The molecule has 0 aromatic carbocycles. The summed E-state index contributed by atoms with van der Waals surface area (Å²) in [5.74, 6) is -1.81. The summed E-state index contributed by atoms with van der Waals surface area (Å²) in [4.78, 5) is 168. The van der Waals surface area contributed by atoms with Crippen molar-refractivity contribution in [1.29, 1.82) is 0 Å². The fraction of sp³-hybridized carbons (Fsp3) is 1.00. The predicted octanol–water partition coefficient (Wildman–Crippen LogP) is -4.46. The Balaban J connectivity index is 0. The van der Waals surface area contributed by atoms with Crippen molar-refractivity contribution in [2.24, 2.45) is 17.8 Å². The zero-order valence-corrected chi connectivity index (χ0v) is 64.7. The van der Waals surface area contributed by atoms with Crippen LogP contribution >= 0.6 is 102 Å². The molecule has 0 aromatic rings. The van der Waals surface area contributed by atoms with Gasteiger partial charge in [0.15, 0.2) is 0 Å². The molecular weight excluding hydrogens is 1670 g/mol. The third kappa shape index (κ3) is 64.7. The Morgan fingerprint density at radius 1 is 0.218 bits per heavy atom. The van der Waals surface area contributed by atoms with Gasteiger partial charge in [0.25, 0.3) is 102 Å². The van der Waals surface area contributed by atoms with Gasteiger partial charge in [-0.25, -0.2) is 0 Å². The van der Waals surface area contributed by atoms with Crippen molar-refractivity contribution in [1.82, 2.24) is 0 Å². The molecule has 0 saturated carbocycles. The fourth-order valence-corrected chi connectivity index (χ4v) is 13.6. The number of aliphatic hydroxyl groups is 1. The van der Waals surface area contributed by atoms with Crippen molar-refractivity contribution in [3.05, 3.63) is 0 Å². The van der Waals surface area contributed by atoms with Crippen molar-refractivity contribution in [2.75, 3.05) is 165 Å². The van der Waals surface area contributed by atoms with Crippen molar-refractivity contribution < 1.29 is 246 Å². The second-order valence-electron chi connectivity index (χ2n) is 17.8. The molecule has 0 aromatic heterocycles. The first-order valence-corrected chi connectivity index (χ1v) is 46.8. The van der Waals surface area contributed by atoms with E-state index >= 15 is 0 Å². The monoisotopic (exact) mass is 1740 g/mol. The largest absolute Gasteiger partial charge is 0.756 e. The van der Waals surface area contributed by atoms with Crippen molar-refractivity contribution >= 4 is 102 Å². The first-order chi connectivity index (χ1) is 46.2. The van der Waals surface area contributed by atoms with E-state index in [4.69, 9.17) is 14.9 Å². The van der Waals surface area contributed by atoms with Gasteiger partial charge in [0.2, 0.25) is 0 Å². The molecule has 0 spiro atoms. The molecule has 610 valence electrons. The molecule has 66 heteroatoms. The molecule has 0 fully saturated rings. The molecule has 16 unspecified atom stereocenters. The van der Waals surface area contributed by atoms with Crippen LogP contribution in [0.5, 0.6) is 0 Å². The van der Waals surface area contributed by atoms with E-state index in [1.165, 1.54) is 13.8 Å². The molecule has 0 radical (unpaired) electrons. The first kappa shape index (κ1) is 104. The van der Waals surface area contributed by atoms with E-state index in [1.807, 2.05) is 0 Å². The van der Waals surface area contributed by atoms with Gasteiger partial charge in [0, 0.05) is 24.4 Å². The van der Waals surface area contributed by atoms with Crippen LogP contribution in [0, 0.1) is 17.8 Å². The Hall–Kier alpha value is 1.39. The molecule has 0 saturated heterocycles. The van der Waals surface area contributed by atoms with E-state index in [2.05, 4.69) is 109 Å². The van der Waals surface area contributed by atoms with Crippen LogP contribution in [-0.4, -0.2) is 180 Å². The molecule has 0 aliphatic heterocycles. The number of hydrogen-bond donors (Lipinski definition) is 3.